The summed E-state index contributed by atoms with van der Waals surface area (Å²) < 4.78 is 5.76. The molecule has 0 bridgehead atoms. The number of hydrogen-bond acceptors (Lipinski definition) is 7. The van der Waals surface area contributed by atoms with Crippen molar-refractivity contribution in [2.45, 2.75) is 13.8 Å². The van der Waals surface area contributed by atoms with E-state index in [9.17, 15) is 9.90 Å². The van der Waals surface area contributed by atoms with Crippen molar-refractivity contribution in [3.63, 3.8) is 0 Å². The van der Waals surface area contributed by atoms with Crippen molar-refractivity contribution >= 4 is 11.8 Å². The van der Waals surface area contributed by atoms with E-state index in [0.29, 0.717) is 5.56 Å². The molecule has 0 aliphatic heterocycles. The van der Waals surface area contributed by atoms with E-state index in [1.165, 1.54) is 4.68 Å². The van der Waals surface area contributed by atoms with E-state index in [1.807, 2.05) is 26.0 Å². The summed E-state index contributed by atoms with van der Waals surface area (Å²) in [6.45, 7) is 3.82. The zero-order chi connectivity index (χ0) is 15.9. The summed E-state index contributed by atoms with van der Waals surface area (Å²) >= 11 is 0. The molecule has 0 aliphatic carbocycles. The smallest absolute Gasteiger partial charge is 0.358 e. The number of nitrogens with two attached hydrogens (primary N) is 1. The number of hydrogen-bond donors (Lipinski definition) is 2. The standard InChI is InChI=1S/C13H12N6O3/c1-6-3-4-8(7(2)5-6)10-9(13(20)21)15-18-19(10)12-11(14)16-22-17-12/h3-5H,1-2H3,(H2,14,16)(H,20,21). The minimum Gasteiger partial charge on any atom is -0.476 e. The van der Waals surface area contributed by atoms with Crippen LogP contribution in [0.1, 0.15) is 21.6 Å². The lowest BCUT2D eigenvalue weighted by atomic mass is 10.0. The quantitative estimate of drug-likeness (QED) is 0.737. The molecule has 3 aromatic rings. The highest BCUT2D eigenvalue weighted by Crippen LogP contribution is 2.29. The maximum atomic E-state index is 11.4. The Morgan fingerprint density at radius 3 is 2.68 bits per heavy atom. The summed E-state index contributed by atoms with van der Waals surface area (Å²) in [4.78, 5) is 11.4. The number of benzene rings is 1. The topological polar surface area (TPSA) is 133 Å². The third-order valence-electron chi connectivity index (χ3n) is 3.21. The molecule has 0 unspecified atom stereocenters. The van der Waals surface area contributed by atoms with Gasteiger partial charge in [-0.3, -0.25) is 0 Å². The van der Waals surface area contributed by atoms with Gasteiger partial charge in [-0.15, -0.1) is 5.10 Å². The number of aromatic nitrogens is 5. The molecule has 112 valence electrons. The summed E-state index contributed by atoms with van der Waals surface area (Å²) in [6, 6.07) is 5.61. The van der Waals surface area contributed by atoms with E-state index in [2.05, 4.69) is 25.3 Å². The zero-order valence-electron chi connectivity index (χ0n) is 11.8. The lowest BCUT2D eigenvalue weighted by Crippen LogP contribution is -2.06. The van der Waals surface area contributed by atoms with Gasteiger partial charge in [0.1, 0.15) is 5.69 Å². The van der Waals surface area contributed by atoms with Gasteiger partial charge in [-0.25, -0.2) is 9.42 Å². The maximum Gasteiger partial charge on any atom is 0.358 e. The first-order valence-electron chi connectivity index (χ1n) is 6.34. The Labute approximate surface area is 124 Å². The molecule has 3 N–H and O–H groups in total. The van der Waals surface area contributed by atoms with Gasteiger partial charge >= 0.3 is 5.97 Å². The van der Waals surface area contributed by atoms with Gasteiger partial charge in [0.05, 0.1) is 0 Å². The highest BCUT2D eigenvalue weighted by atomic mass is 16.6. The molecule has 0 fully saturated rings. The van der Waals surface area contributed by atoms with Crippen molar-refractivity contribution < 1.29 is 14.5 Å². The van der Waals surface area contributed by atoms with E-state index in [-0.39, 0.29) is 23.0 Å². The second-order valence-electron chi connectivity index (χ2n) is 4.80. The number of carbonyl (C=O) groups is 1. The van der Waals surface area contributed by atoms with Crippen molar-refractivity contribution in [2.24, 2.45) is 0 Å². The van der Waals surface area contributed by atoms with Crippen LogP contribution in [0.5, 0.6) is 0 Å². The number of nitrogen functional groups attached to an aromatic ring is 1. The van der Waals surface area contributed by atoms with Crippen molar-refractivity contribution in [1.29, 1.82) is 0 Å². The Kier molecular flexibility index (Phi) is 3.09. The molecule has 9 nitrogen and oxygen atoms in total. The van der Waals surface area contributed by atoms with Crippen molar-refractivity contribution in [3.8, 4) is 17.1 Å². The number of carboxylic acid groups (broad SMARTS) is 1. The molecule has 22 heavy (non-hydrogen) atoms. The summed E-state index contributed by atoms with van der Waals surface area (Å²) in [6.07, 6.45) is 0. The van der Waals surface area contributed by atoms with Crippen LogP contribution in [0.3, 0.4) is 0 Å². The van der Waals surface area contributed by atoms with Crippen LogP contribution < -0.4 is 5.73 Å². The van der Waals surface area contributed by atoms with Gasteiger partial charge in [-0.05, 0) is 29.7 Å². The molecule has 0 atom stereocenters. The van der Waals surface area contributed by atoms with E-state index in [0.717, 1.165) is 11.1 Å². The van der Waals surface area contributed by atoms with Crippen LogP contribution in [0.15, 0.2) is 22.8 Å². The maximum absolute atomic E-state index is 11.4. The molecule has 0 radical (unpaired) electrons. The summed E-state index contributed by atoms with van der Waals surface area (Å²) in [5, 5.41) is 24.0. The molecule has 0 spiro atoms. The molecule has 0 amide bonds. The first-order valence-corrected chi connectivity index (χ1v) is 6.34. The van der Waals surface area contributed by atoms with Crippen molar-refractivity contribution in [3.05, 3.63) is 35.0 Å². The van der Waals surface area contributed by atoms with Crippen LogP contribution in [0.25, 0.3) is 17.1 Å². The summed E-state index contributed by atoms with van der Waals surface area (Å²) in [5.41, 5.74) is 8.33. The highest BCUT2D eigenvalue weighted by Gasteiger charge is 2.25. The number of carboxylic acids is 1. The highest BCUT2D eigenvalue weighted by molar-refractivity contribution is 5.93. The molecule has 0 aliphatic rings. The monoisotopic (exact) mass is 300 g/mol. The normalized spacial score (nSPS) is 10.8. The van der Waals surface area contributed by atoms with Gasteiger partial charge in [-0.2, -0.15) is 4.68 Å². The molecular weight excluding hydrogens is 288 g/mol. The summed E-state index contributed by atoms with van der Waals surface area (Å²) in [7, 11) is 0. The van der Waals surface area contributed by atoms with Crippen LogP contribution in [-0.2, 0) is 0 Å². The minimum atomic E-state index is -1.20. The molecule has 0 saturated heterocycles. The van der Waals surface area contributed by atoms with E-state index in [1.54, 1.807) is 6.07 Å². The number of rotatable bonds is 3. The summed E-state index contributed by atoms with van der Waals surface area (Å²) in [5.74, 6) is -1.11. The van der Waals surface area contributed by atoms with Gasteiger partial charge in [-0.1, -0.05) is 29.0 Å². The van der Waals surface area contributed by atoms with Gasteiger partial charge in [0.2, 0.25) is 11.6 Å². The lowest BCUT2D eigenvalue weighted by Gasteiger charge is -2.08. The van der Waals surface area contributed by atoms with Gasteiger partial charge < -0.3 is 10.8 Å². The van der Waals surface area contributed by atoms with Crippen LogP contribution in [0, 0.1) is 13.8 Å². The van der Waals surface area contributed by atoms with E-state index in [4.69, 9.17) is 5.73 Å². The third-order valence-corrected chi connectivity index (χ3v) is 3.21. The second kappa shape index (κ2) is 4.95. The molecule has 2 aromatic heterocycles. The predicted molar refractivity (Wildman–Crippen MR) is 75.5 cm³/mol. The molecule has 9 heteroatoms. The fourth-order valence-corrected chi connectivity index (χ4v) is 2.23. The Bertz CT molecular complexity index is 867. The Morgan fingerprint density at radius 1 is 1.32 bits per heavy atom. The number of nitrogens with zero attached hydrogens (tertiary/aromatic N) is 5. The number of aryl methyl sites for hydroxylation is 2. The third kappa shape index (κ3) is 2.08. The molecule has 0 saturated carbocycles. The van der Waals surface area contributed by atoms with E-state index >= 15 is 0 Å². The van der Waals surface area contributed by atoms with Gasteiger partial charge in [0.15, 0.2) is 5.69 Å². The van der Waals surface area contributed by atoms with Crippen LogP contribution in [0.2, 0.25) is 0 Å². The number of aromatic carboxylic acids is 1. The fourth-order valence-electron chi connectivity index (χ4n) is 2.23. The second-order valence-corrected chi connectivity index (χ2v) is 4.80. The minimum absolute atomic E-state index is 0.00662. The first-order chi connectivity index (χ1) is 10.5. The van der Waals surface area contributed by atoms with Crippen molar-refractivity contribution in [2.75, 3.05) is 5.73 Å². The van der Waals surface area contributed by atoms with Crippen LogP contribution in [0.4, 0.5) is 5.82 Å². The fraction of sp³-hybridized carbons (Fsp3) is 0.154. The average Bonchev–Trinajstić information content (AvgIpc) is 3.04. The zero-order valence-corrected chi connectivity index (χ0v) is 11.8. The molecule has 2 heterocycles. The SMILES string of the molecule is Cc1ccc(-c2c(C(=O)O)nnn2-c2nonc2N)c(C)c1. The molecule has 1 aromatic carbocycles. The largest absolute Gasteiger partial charge is 0.476 e. The predicted octanol–water partition coefficient (Wildman–Crippen LogP) is 1.21. The first kappa shape index (κ1) is 13.7. The lowest BCUT2D eigenvalue weighted by molar-refractivity contribution is 0.0691. The van der Waals surface area contributed by atoms with Crippen molar-refractivity contribution in [1.82, 2.24) is 25.3 Å². The Hall–Kier alpha value is -3.23. The van der Waals surface area contributed by atoms with Gasteiger partial charge in [0.25, 0.3) is 0 Å². The van der Waals surface area contributed by atoms with Crippen LogP contribution >= 0.6 is 0 Å². The molecular formula is C13H12N6O3. The number of anilines is 1. The Morgan fingerprint density at radius 2 is 2.09 bits per heavy atom. The van der Waals surface area contributed by atoms with Gasteiger partial charge in [0, 0.05) is 5.56 Å². The van der Waals surface area contributed by atoms with Crippen LogP contribution in [-0.4, -0.2) is 36.4 Å². The Balaban J connectivity index is 2.31. The van der Waals surface area contributed by atoms with E-state index < -0.39 is 5.97 Å². The molecule has 3 rings (SSSR count). The average molecular weight is 300 g/mol.